The third-order valence-corrected chi connectivity index (χ3v) is 4.99. The van der Waals surface area contributed by atoms with E-state index >= 15 is 0 Å². The largest absolute Gasteiger partial charge is 0.395 e. The fraction of sp³-hybridized carbons (Fsp3) is 0.294. The van der Waals surface area contributed by atoms with Crippen molar-refractivity contribution < 1.29 is 10.2 Å². The molecular formula is C17H19ClO2S. The Labute approximate surface area is 134 Å². The number of hydrogen-bond acceptors (Lipinski definition) is 3. The Kier molecular flexibility index (Phi) is 6.12. The molecule has 0 unspecified atom stereocenters. The zero-order valence-corrected chi connectivity index (χ0v) is 13.3. The molecule has 2 aromatic carbocycles. The highest BCUT2D eigenvalue weighted by Gasteiger charge is 2.32. The number of benzene rings is 2. The van der Waals surface area contributed by atoms with E-state index < -0.39 is 5.41 Å². The lowest BCUT2D eigenvalue weighted by Gasteiger charge is -2.31. The molecule has 0 aromatic heterocycles. The minimum Gasteiger partial charge on any atom is -0.395 e. The monoisotopic (exact) mass is 322 g/mol. The molecule has 112 valence electrons. The maximum Gasteiger partial charge on any atom is 0.0550 e. The van der Waals surface area contributed by atoms with Crippen LogP contribution in [0.2, 0.25) is 5.02 Å². The average Bonchev–Trinajstić information content (AvgIpc) is 2.54. The van der Waals surface area contributed by atoms with Gasteiger partial charge in [0, 0.05) is 15.3 Å². The molecule has 0 atom stereocenters. The van der Waals surface area contributed by atoms with Crippen LogP contribution in [0, 0.1) is 0 Å². The molecule has 0 aliphatic rings. The van der Waals surface area contributed by atoms with Gasteiger partial charge in [0.15, 0.2) is 0 Å². The smallest absolute Gasteiger partial charge is 0.0550 e. The number of hydrogen-bond donors (Lipinski definition) is 2. The zero-order valence-electron chi connectivity index (χ0n) is 11.7. The van der Waals surface area contributed by atoms with Gasteiger partial charge in [-0.1, -0.05) is 48.0 Å². The van der Waals surface area contributed by atoms with Gasteiger partial charge in [-0.25, -0.2) is 0 Å². The first-order valence-electron chi connectivity index (χ1n) is 6.86. The molecule has 4 heteroatoms. The van der Waals surface area contributed by atoms with Crippen molar-refractivity contribution in [2.45, 2.75) is 16.7 Å². The first-order chi connectivity index (χ1) is 10.2. The summed E-state index contributed by atoms with van der Waals surface area (Å²) in [4.78, 5) is 1.18. The van der Waals surface area contributed by atoms with E-state index in [0.29, 0.717) is 11.4 Å². The minimum absolute atomic E-state index is 0.122. The zero-order chi connectivity index (χ0) is 15.1. The van der Waals surface area contributed by atoms with Crippen LogP contribution in [0.4, 0.5) is 0 Å². The van der Waals surface area contributed by atoms with Gasteiger partial charge in [-0.15, -0.1) is 11.8 Å². The van der Waals surface area contributed by atoms with Gasteiger partial charge >= 0.3 is 0 Å². The van der Waals surface area contributed by atoms with Crippen LogP contribution in [0.5, 0.6) is 0 Å². The lowest BCUT2D eigenvalue weighted by atomic mass is 9.79. The molecule has 0 saturated heterocycles. The van der Waals surface area contributed by atoms with Crippen molar-refractivity contribution in [1.29, 1.82) is 0 Å². The lowest BCUT2D eigenvalue weighted by Crippen LogP contribution is -2.35. The average molecular weight is 323 g/mol. The van der Waals surface area contributed by atoms with Crippen molar-refractivity contribution in [3.05, 3.63) is 65.2 Å². The Balaban J connectivity index is 2.10. The summed E-state index contributed by atoms with van der Waals surface area (Å²) in [6.45, 7) is -0.245. The molecule has 2 aromatic rings. The molecule has 0 saturated carbocycles. The second-order valence-corrected chi connectivity index (χ2v) is 6.56. The highest BCUT2D eigenvalue weighted by atomic mass is 35.5. The summed E-state index contributed by atoms with van der Waals surface area (Å²) in [6, 6.07) is 17.5. The Bertz CT molecular complexity index is 556. The molecule has 2 rings (SSSR count). The Morgan fingerprint density at radius 1 is 0.905 bits per heavy atom. The van der Waals surface area contributed by atoms with Gasteiger partial charge in [-0.3, -0.25) is 0 Å². The van der Waals surface area contributed by atoms with Gasteiger partial charge in [0.2, 0.25) is 0 Å². The fourth-order valence-corrected chi connectivity index (χ4v) is 3.70. The molecule has 0 aliphatic heterocycles. The van der Waals surface area contributed by atoms with Crippen LogP contribution >= 0.6 is 23.4 Å². The molecule has 0 radical (unpaired) electrons. The normalized spacial score (nSPS) is 11.6. The molecule has 0 bridgehead atoms. The van der Waals surface area contributed by atoms with Crippen LogP contribution in [0.15, 0.2) is 59.5 Å². The molecule has 0 spiro atoms. The topological polar surface area (TPSA) is 40.5 Å². The molecule has 21 heavy (non-hydrogen) atoms. The quantitative estimate of drug-likeness (QED) is 0.763. The van der Waals surface area contributed by atoms with Crippen molar-refractivity contribution in [3.63, 3.8) is 0 Å². The van der Waals surface area contributed by atoms with Gasteiger partial charge in [-0.2, -0.15) is 0 Å². The number of aliphatic hydroxyl groups excluding tert-OH is 2. The fourth-order valence-electron chi connectivity index (χ4n) is 2.29. The number of thioether (sulfide) groups is 1. The van der Waals surface area contributed by atoms with E-state index in [1.54, 1.807) is 17.8 Å². The molecule has 0 heterocycles. The van der Waals surface area contributed by atoms with Crippen LogP contribution in [0.1, 0.15) is 12.0 Å². The summed E-state index contributed by atoms with van der Waals surface area (Å²) < 4.78 is 0. The molecular weight excluding hydrogens is 304 g/mol. The number of halogens is 1. The van der Waals surface area contributed by atoms with Crippen LogP contribution in [-0.4, -0.2) is 29.2 Å². The number of rotatable bonds is 7. The van der Waals surface area contributed by atoms with Gasteiger partial charge in [0.25, 0.3) is 0 Å². The molecule has 0 fully saturated rings. The Morgan fingerprint density at radius 3 is 2.14 bits per heavy atom. The number of aliphatic hydroxyl groups is 2. The van der Waals surface area contributed by atoms with E-state index in [1.807, 2.05) is 36.4 Å². The Morgan fingerprint density at radius 2 is 1.52 bits per heavy atom. The molecule has 2 N–H and O–H groups in total. The summed E-state index contributed by atoms with van der Waals surface area (Å²) in [5, 5.41) is 20.2. The van der Waals surface area contributed by atoms with E-state index in [-0.39, 0.29) is 13.2 Å². The van der Waals surface area contributed by atoms with Crippen LogP contribution in [0.25, 0.3) is 0 Å². The van der Waals surface area contributed by atoms with Crippen molar-refractivity contribution in [1.82, 2.24) is 0 Å². The summed E-state index contributed by atoms with van der Waals surface area (Å²) in [6.07, 6.45) is 0.656. The van der Waals surface area contributed by atoms with Crippen LogP contribution in [-0.2, 0) is 5.41 Å². The first-order valence-corrected chi connectivity index (χ1v) is 8.23. The van der Waals surface area contributed by atoms with Gasteiger partial charge in [0.05, 0.1) is 13.2 Å². The van der Waals surface area contributed by atoms with Crippen molar-refractivity contribution in [2.24, 2.45) is 0 Å². The van der Waals surface area contributed by atoms with E-state index in [4.69, 9.17) is 11.6 Å². The maximum atomic E-state index is 9.82. The van der Waals surface area contributed by atoms with E-state index in [9.17, 15) is 10.2 Å². The predicted molar refractivity (Wildman–Crippen MR) is 89.1 cm³/mol. The summed E-state index contributed by atoms with van der Waals surface area (Å²) in [5.41, 5.74) is 0.116. The second-order valence-electron chi connectivity index (χ2n) is 4.99. The standard InChI is InChI=1S/C17H19ClO2S/c18-16-9-5-4-8-15(16)17(12-19,13-20)10-11-21-14-6-2-1-3-7-14/h1-9,19-20H,10-13H2. The van der Waals surface area contributed by atoms with Gasteiger partial charge in [0.1, 0.15) is 0 Å². The van der Waals surface area contributed by atoms with E-state index in [1.165, 1.54) is 4.90 Å². The third-order valence-electron chi connectivity index (χ3n) is 3.64. The van der Waals surface area contributed by atoms with Gasteiger partial charge in [-0.05, 0) is 35.9 Å². The molecule has 0 amide bonds. The van der Waals surface area contributed by atoms with Crippen molar-refractivity contribution >= 4 is 23.4 Å². The Hall–Kier alpha value is -1.00. The minimum atomic E-state index is -0.694. The highest BCUT2D eigenvalue weighted by Crippen LogP contribution is 2.34. The van der Waals surface area contributed by atoms with Crippen molar-refractivity contribution in [3.8, 4) is 0 Å². The maximum absolute atomic E-state index is 9.82. The lowest BCUT2D eigenvalue weighted by molar-refractivity contribution is 0.114. The van der Waals surface area contributed by atoms with Crippen molar-refractivity contribution in [2.75, 3.05) is 19.0 Å². The predicted octanol–water partition coefficient (Wildman–Crippen LogP) is 3.74. The summed E-state index contributed by atoms with van der Waals surface area (Å²) in [7, 11) is 0. The SMILES string of the molecule is OCC(CO)(CCSc1ccccc1)c1ccccc1Cl. The molecule has 0 aliphatic carbocycles. The molecule has 2 nitrogen and oxygen atoms in total. The van der Waals surface area contributed by atoms with E-state index in [2.05, 4.69) is 12.1 Å². The van der Waals surface area contributed by atoms with E-state index in [0.717, 1.165) is 11.3 Å². The summed E-state index contributed by atoms with van der Waals surface area (Å²) >= 11 is 7.95. The summed E-state index contributed by atoms with van der Waals surface area (Å²) in [5.74, 6) is 0.802. The second kappa shape index (κ2) is 7.85. The van der Waals surface area contributed by atoms with Crippen LogP contribution < -0.4 is 0 Å². The van der Waals surface area contributed by atoms with Gasteiger partial charge < -0.3 is 10.2 Å². The third kappa shape index (κ3) is 4.01. The first kappa shape index (κ1) is 16.4. The highest BCUT2D eigenvalue weighted by molar-refractivity contribution is 7.99. The van der Waals surface area contributed by atoms with Crippen LogP contribution in [0.3, 0.4) is 0 Å².